The molecule has 1 spiro atoms. The summed E-state index contributed by atoms with van der Waals surface area (Å²) in [6.45, 7) is 0.466. The molecule has 11 nitrogen and oxygen atoms in total. The van der Waals surface area contributed by atoms with Gasteiger partial charge in [-0.25, -0.2) is 13.6 Å². The highest BCUT2D eigenvalue weighted by atomic mass is 19.1. The van der Waals surface area contributed by atoms with Crippen molar-refractivity contribution in [1.82, 2.24) is 29.0 Å². The molecular formula is C37H35F2N7O4. The maximum absolute atomic E-state index is 15.1. The third kappa shape index (κ3) is 5.56. The molecule has 0 unspecified atom stereocenters. The predicted octanol–water partition coefficient (Wildman–Crippen LogP) is 4.72. The summed E-state index contributed by atoms with van der Waals surface area (Å²) in [6.07, 6.45) is 0.962. The molecule has 1 fully saturated rings. The minimum atomic E-state index is -0.955. The molecule has 0 amide bonds. The monoisotopic (exact) mass is 679 g/mol. The lowest BCUT2D eigenvalue weighted by Crippen LogP contribution is -2.49. The molecule has 5 heterocycles. The van der Waals surface area contributed by atoms with Crippen LogP contribution in [0.1, 0.15) is 52.6 Å². The molecule has 1 atom stereocenters. The van der Waals surface area contributed by atoms with Crippen LogP contribution < -0.4 is 17.0 Å². The summed E-state index contributed by atoms with van der Waals surface area (Å²) >= 11 is 0. The fourth-order valence-corrected chi connectivity index (χ4v) is 7.30. The Morgan fingerprint density at radius 3 is 2.48 bits per heavy atom. The van der Waals surface area contributed by atoms with E-state index in [4.69, 9.17) is 14.9 Å². The van der Waals surface area contributed by atoms with Crippen LogP contribution in [0.25, 0.3) is 16.9 Å². The van der Waals surface area contributed by atoms with Gasteiger partial charge in [0.15, 0.2) is 0 Å². The maximum Gasteiger partial charge on any atom is 0.331 e. The minimum absolute atomic E-state index is 0.00178. The first-order valence-corrected chi connectivity index (χ1v) is 16.6. The number of hydrogen-bond donors (Lipinski definition) is 1. The molecule has 0 radical (unpaired) electrons. The van der Waals surface area contributed by atoms with Gasteiger partial charge >= 0.3 is 5.69 Å². The van der Waals surface area contributed by atoms with Crippen molar-refractivity contribution in [1.29, 1.82) is 0 Å². The molecule has 256 valence electrons. The van der Waals surface area contributed by atoms with E-state index in [2.05, 4.69) is 15.2 Å². The summed E-state index contributed by atoms with van der Waals surface area (Å²) in [5, 5.41) is 8.45. The van der Waals surface area contributed by atoms with Gasteiger partial charge in [-0.15, -0.1) is 5.10 Å². The number of benzene rings is 3. The van der Waals surface area contributed by atoms with Crippen LogP contribution in [-0.2, 0) is 43.3 Å². The zero-order chi connectivity index (χ0) is 34.4. The number of para-hydroxylation sites is 1. The smallest absolute Gasteiger partial charge is 0.331 e. The third-order valence-electron chi connectivity index (χ3n) is 10.0. The Kier molecular flexibility index (Phi) is 8.25. The van der Waals surface area contributed by atoms with E-state index in [0.29, 0.717) is 49.6 Å². The van der Waals surface area contributed by atoms with Gasteiger partial charge in [-0.1, -0.05) is 59.8 Å². The molecule has 2 N–H and O–H groups in total. The van der Waals surface area contributed by atoms with E-state index in [-0.39, 0.29) is 30.8 Å². The van der Waals surface area contributed by atoms with E-state index in [1.807, 2.05) is 66.7 Å². The number of nitrogens with two attached hydrogens (primary N) is 1. The van der Waals surface area contributed by atoms with Crippen molar-refractivity contribution in [3.63, 3.8) is 0 Å². The summed E-state index contributed by atoms with van der Waals surface area (Å²) in [6, 6.07) is 24.2. The molecule has 3 aromatic heterocycles. The van der Waals surface area contributed by atoms with E-state index in [9.17, 15) is 14.0 Å². The zero-order valence-corrected chi connectivity index (χ0v) is 27.2. The topological polar surface area (TPSA) is 126 Å². The second kappa shape index (κ2) is 12.9. The first kappa shape index (κ1) is 32.0. The summed E-state index contributed by atoms with van der Waals surface area (Å²) in [4.78, 5) is 30.6. The van der Waals surface area contributed by atoms with Gasteiger partial charge in [0.25, 0.3) is 5.56 Å². The first-order valence-electron chi connectivity index (χ1n) is 16.6. The Morgan fingerprint density at radius 1 is 0.900 bits per heavy atom. The van der Waals surface area contributed by atoms with Gasteiger partial charge in [0.2, 0.25) is 5.88 Å². The van der Waals surface area contributed by atoms with Crippen LogP contribution in [0.5, 0.6) is 0 Å². The summed E-state index contributed by atoms with van der Waals surface area (Å²) in [7, 11) is 0. The van der Waals surface area contributed by atoms with Crippen molar-refractivity contribution in [3.05, 3.63) is 145 Å². The van der Waals surface area contributed by atoms with Crippen molar-refractivity contribution < 1.29 is 17.9 Å². The highest BCUT2D eigenvalue weighted by Crippen LogP contribution is 2.42. The Bertz CT molecular complexity index is 2300. The van der Waals surface area contributed by atoms with Gasteiger partial charge in [0, 0.05) is 30.8 Å². The number of rotatable bonds is 9. The number of fused-ring (bicyclic) bond motifs is 3. The summed E-state index contributed by atoms with van der Waals surface area (Å²) in [5.74, 6) is 0.690. The quantitative estimate of drug-likeness (QED) is 0.233. The molecule has 6 aromatic rings. The van der Waals surface area contributed by atoms with Crippen LogP contribution in [0, 0.1) is 5.82 Å². The lowest BCUT2D eigenvalue weighted by molar-refractivity contribution is -0.0816. The lowest BCUT2D eigenvalue weighted by Gasteiger charge is -2.38. The summed E-state index contributed by atoms with van der Waals surface area (Å²) < 4.78 is 45.9. The number of halogens is 2. The number of furan rings is 1. The molecular weight excluding hydrogens is 644 g/mol. The molecule has 13 heteroatoms. The molecule has 3 aromatic carbocycles. The van der Waals surface area contributed by atoms with Crippen molar-refractivity contribution >= 4 is 11.0 Å². The fourth-order valence-electron chi connectivity index (χ4n) is 7.30. The highest BCUT2D eigenvalue weighted by molar-refractivity contribution is 5.75. The molecule has 2 aliphatic rings. The SMILES string of the molecule is N[C@@H](Cn1c(=O)c2c(n(Cc3c(F)cccc3CF)c1=O)COC21CCN(Cc2ccc(-n3nnc4ccccc43)o2)CC1)c1ccccc1. The number of ether oxygens (including phenoxy) is 1. The Hall–Kier alpha value is -5.24. The van der Waals surface area contributed by atoms with Gasteiger partial charge in [-0.05, 0) is 48.2 Å². The van der Waals surface area contributed by atoms with Crippen LogP contribution in [0.3, 0.4) is 0 Å². The molecule has 1 saturated heterocycles. The normalized spacial score (nSPS) is 16.3. The molecule has 50 heavy (non-hydrogen) atoms. The Labute approximate surface area is 285 Å². The van der Waals surface area contributed by atoms with E-state index >= 15 is 4.39 Å². The van der Waals surface area contributed by atoms with Gasteiger partial charge < -0.3 is 14.9 Å². The zero-order valence-electron chi connectivity index (χ0n) is 27.2. The molecule has 2 aliphatic heterocycles. The predicted molar refractivity (Wildman–Crippen MR) is 181 cm³/mol. The van der Waals surface area contributed by atoms with Crippen molar-refractivity contribution in [2.45, 2.75) is 57.4 Å². The third-order valence-corrected chi connectivity index (χ3v) is 10.0. The number of nitrogens with zero attached hydrogens (tertiary/aromatic N) is 6. The van der Waals surface area contributed by atoms with Gasteiger partial charge in [0.1, 0.15) is 29.4 Å². The summed E-state index contributed by atoms with van der Waals surface area (Å²) in [5.41, 5.74) is 7.82. The minimum Gasteiger partial charge on any atom is -0.442 e. The molecule has 8 rings (SSSR count). The molecule has 0 saturated carbocycles. The lowest BCUT2D eigenvalue weighted by atomic mass is 9.85. The van der Waals surface area contributed by atoms with Gasteiger partial charge in [0.05, 0.1) is 43.0 Å². The largest absolute Gasteiger partial charge is 0.442 e. The van der Waals surface area contributed by atoms with Gasteiger partial charge in [-0.3, -0.25) is 18.8 Å². The van der Waals surface area contributed by atoms with Gasteiger partial charge in [-0.2, -0.15) is 4.68 Å². The van der Waals surface area contributed by atoms with Crippen LogP contribution in [-0.4, -0.2) is 42.1 Å². The standard InChI is InChI=1S/C37H35F2N7O4/c38-19-25-9-6-10-28(39)27(25)21-44-32-23-49-37(34(32)35(47)45(36(44)48)22-29(40)24-7-2-1-3-8-24)15-17-43(18-16-37)20-26-13-14-33(50-26)46-31-12-5-4-11-30(31)41-42-46/h1-14,29H,15-23,40H2/t29-/m0/s1. The van der Waals surface area contributed by atoms with Crippen LogP contribution in [0.15, 0.2) is 98.9 Å². The fraction of sp³-hybridized carbons (Fsp3) is 0.297. The number of piperidine rings is 1. The van der Waals surface area contributed by atoms with E-state index in [1.165, 1.54) is 22.8 Å². The van der Waals surface area contributed by atoms with Crippen LogP contribution in [0.2, 0.25) is 0 Å². The molecule has 0 bridgehead atoms. The van der Waals surface area contributed by atoms with Crippen molar-refractivity contribution in [2.24, 2.45) is 5.73 Å². The second-order valence-electron chi connectivity index (χ2n) is 12.9. The number of alkyl halides is 1. The second-order valence-corrected chi connectivity index (χ2v) is 12.9. The Balaban J connectivity index is 1.10. The average Bonchev–Trinajstić information content (AvgIpc) is 3.88. The number of aromatic nitrogens is 5. The molecule has 0 aliphatic carbocycles. The van der Waals surface area contributed by atoms with E-state index in [1.54, 1.807) is 4.68 Å². The highest BCUT2D eigenvalue weighted by Gasteiger charge is 2.47. The van der Waals surface area contributed by atoms with Crippen LogP contribution in [0.4, 0.5) is 8.78 Å². The van der Waals surface area contributed by atoms with Crippen molar-refractivity contribution in [3.8, 4) is 5.88 Å². The maximum atomic E-state index is 15.1. The van der Waals surface area contributed by atoms with Crippen LogP contribution >= 0.6 is 0 Å². The Morgan fingerprint density at radius 2 is 1.68 bits per heavy atom. The van der Waals surface area contributed by atoms with Crippen molar-refractivity contribution in [2.75, 3.05) is 13.1 Å². The first-order chi connectivity index (χ1) is 24.3. The number of hydrogen-bond acceptors (Lipinski definition) is 8. The average molecular weight is 680 g/mol. The van der Waals surface area contributed by atoms with E-state index < -0.39 is 35.4 Å². The number of likely N-dealkylation sites (tertiary alicyclic amines) is 1. The van der Waals surface area contributed by atoms with E-state index in [0.717, 1.165) is 26.9 Å².